The zero-order valence-electron chi connectivity index (χ0n) is 31.0. The van der Waals surface area contributed by atoms with Crippen LogP contribution in [0.1, 0.15) is 66.0 Å². The van der Waals surface area contributed by atoms with Crippen molar-refractivity contribution < 1.29 is 29.0 Å². The Balaban J connectivity index is 1.96. The molecule has 51 heavy (non-hydrogen) atoms. The number of aromatic nitrogens is 1. The first-order valence-electron chi connectivity index (χ1n) is 17.2. The van der Waals surface area contributed by atoms with Gasteiger partial charge in [0.2, 0.25) is 11.8 Å². The molecular formula is C39H54N6O6. The number of aliphatic hydroxyl groups excluding tert-OH is 1. The number of benzene rings is 2. The maximum atomic E-state index is 13.8. The Labute approximate surface area is 301 Å². The largest absolute Gasteiger partial charge is 0.453 e. The van der Waals surface area contributed by atoms with Gasteiger partial charge in [-0.15, -0.1) is 0 Å². The van der Waals surface area contributed by atoms with Gasteiger partial charge < -0.3 is 25.8 Å². The van der Waals surface area contributed by atoms with Crippen LogP contribution < -0.4 is 21.4 Å². The number of nitrogens with zero attached hydrogens (tertiary/aromatic N) is 2. The van der Waals surface area contributed by atoms with Crippen LogP contribution in [0.25, 0.3) is 11.3 Å². The summed E-state index contributed by atoms with van der Waals surface area (Å²) in [6.45, 7) is 12.7. The minimum absolute atomic E-state index is 0.0947. The summed E-state index contributed by atoms with van der Waals surface area (Å²) in [7, 11) is 1.23. The van der Waals surface area contributed by atoms with Gasteiger partial charge in [-0.05, 0) is 46.9 Å². The van der Waals surface area contributed by atoms with E-state index in [0.29, 0.717) is 6.42 Å². The van der Waals surface area contributed by atoms with Crippen molar-refractivity contribution in [2.45, 2.75) is 92.1 Å². The van der Waals surface area contributed by atoms with E-state index in [1.165, 1.54) is 14.0 Å². The zero-order chi connectivity index (χ0) is 37.8. The number of hydrogen-bond donors (Lipinski definition) is 5. The van der Waals surface area contributed by atoms with Gasteiger partial charge in [0.15, 0.2) is 0 Å². The highest BCUT2D eigenvalue weighted by Gasteiger charge is 2.38. The summed E-state index contributed by atoms with van der Waals surface area (Å²) in [5.41, 5.74) is 5.08. The van der Waals surface area contributed by atoms with E-state index in [0.717, 1.165) is 22.4 Å². The molecule has 0 aliphatic heterocycles. The fraction of sp³-hybridized carbons (Fsp3) is 0.462. The number of aliphatic hydroxyl groups is 1. The molecule has 3 aromatic rings. The van der Waals surface area contributed by atoms with Crippen LogP contribution in [0.5, 0.6) is 0 Å². The zero-order valence-corrected chi connectivity index (χ0v) is 31.0. The lowest BCUT2D eigenvalue weighted by Gasteiger charge is -2.36. The lowest BCUT2D eigenvalue weighted by Crippen LogP contribution is -2.61. The molecule has 12 heteroatoms. The van der Waals surface area contributed by atoms with Crippen LogP contribution in [0.3, 0.4) is 0 Å². The Kier molecular flexibility index (Phi) is 14.7. The molecule has 0 spiro atoms. The van der Waals surface area contributed by atoms with Crippen molar-refractivity contribution in [3.05, 3.63) is 90.1 Å². The van der Waals surface area contributed by atoms with Gasteiger partial charge in [-0.3, -0.25) is 24.8 Å². The summed E-state index contributed by atoms with van der Waals surface area (Å²) >= 11 is 0. The van der Waals surface area contributed by atoms with Gasteiger partial charge in [-0.25, -0.2) is 9.80 Å². The topological polar surface area (TPSA) is 162 Å². The van der Waals surface area contributed by atoms with Gasteiger partial charge in [-0.1, -0.05) is 102 Å². The number of methoxy groups -OCH3 is 1. The van der Waals surface area contributed by atoms with E-state index < -0.39 is 53.0 Å². The maximum Gasteiger partial charge on any atom is 0.407 e. The molecule has 4 atom stereocenters. The predicted octanol–water partition coefficient (Wildman–Crippen LogP) is 4.38. The molecule has 0 saturated heterocycles. The van der Waals surface area contributed by atoms with Crippen LogP contribution in [-0.4, -0.2) is 76.8 Å². The molecule has 12 nitrogen and oxygen atoms in total. The molecule has 3 rings (SSSR count). The fourth-order valence-corrected chi connectivity index (χ4v) is 5.55. The second-order valence-electron chi connectivity index (χ2n) is 14.6. The molecule has 0 aliphatic rings. The Morgan fingerprint density at radius 3 is 2.02 bits per heavy atom. The Bertz CT molecular complexity index is 1580. The average Bonchev–Trinajstić information content (AvgIpc) is 3.09. The summed E-state index contributed by atoms with van der Waals surface area (Å²) < 4.78 is 4.78. The number of hydrogen-bond acceptors (Lipinski definition) is 8. The van der Waals surface area contributed by atoms with Gasteiger partial charge >= 0.3 is 6.09 Å². The number of amides is 4. The predicted molar refractivity (Wildman–Crippen MR) is 197 cm³/mol. The Morgan fingerprint density at radius 1 is 0.824 bits per heavy atom. The number of ether oxygens (including phenoxy) is 1. The summed E-state index contributed by atoms with van der Waals surface area (Å²) in [5.74, 6) is -1.27. The van der Waals surface area contributed by atoms with Crippen molar-refractivity contribution in [2.24, 2.45) is 10.8 Å². The Morgan fingerprint density at radius 2 is 1.47 bits per heavy atom. The van der Waals surface area contributed by atoms with Gasteiger partial charge in [-0.2, -0.15) is 0 Å². The van der Waals surface area contributed by atoms with E-state index in [1.807, 2.05) is 114 Å². The molecule has 1 aromatic heterocycles. The first-order chi connectivity index (χ1) is 24.0. The van der Waals surface area contributed by atoms with E-state index in [1.54, 1.807) is 11.2 Å². The molecule has 1 heterocycles. The van der Waals surface area contributed by atoms with Crippen LogP contribution >= 0.6 is 0 Å². The van der Waals surface area contributed by atoms with Gasteiger partial charge in [0.05, 0.1) is 24.9 Å². The van der Waals surface area contributed by atoms with Crippen LogP contribution in [-0.2, 0) is 32.1 Å². The summed E-state index contributed by atoms with van der Waals surface area (Å²) in [6.07, 6.45) is 0.678. The van der Waals surface area contributed by atoms with Crippen molar-refractivity contribution in [1.82, 2.24) is 31.4 Å². The molecule has 0 bridgehead atoms. The molecule has 0 fully saturated rings. The number of carbonyl (C=O) groups excluding carboxylic acids is 4. The number of pyridine rings is 1. The van der Waals surface area contributed by atoms with Crippen molar-refractivity contribution in [3.8, 4) is 11.3 Å². The van der Waals surface area contributed by atoms with E-state index in [9.17, 15) is 24.3 Å². The molecule has 0 saturated carbocycles. The third-order valence-electron chi connectivity index (χ3n) is 8.93. The summed E-state index contributed by atoms with van der Waals surface area (Å²) in [4.78, 5) is 56.4. The second-order valence-corrected chi connectivity index (χ2v) is 14.6. The van der Waals surface area contributed by atoms with E-state index in [2.05, 4.69) is 26.4 Å². The monoisotopic (exact) mass is 702 g/mol. The molecule has 4 unspecified atom stereocenters. The summed E-state index contributed by atoms with van der Waals surface area (Å²) in [5, 5.41) is 21.9. The summed E-state index contributed by atoms with van der Waals surface area (Å²) in [6, 6.07) is 20.2. The number of hydrazine groups is 1. The minimum Gasteiger partial charge on any atom is -0.453 e. The number of alkyl carbamates (subject to hydrolysis) is 1. The fourth-order valence-electron chi connectivity index (χ4n) is 5.55. The van der Waals surface area contributed by atoms with E-state index in [4.69, 9.17) is 4.74 Å². The normalized spacial score (nSPS) is 14.1. The molecule has 4 amide bonds. The maximum absolute atomic E-state index is 13.8. The highest BCUT2D eigenvalue weighted by Crippen LogP contribution is 2.26. The van der Waals surface area contributed by atoms with Crippen molar-refractivity contribution >= 4 is 23.8 Å². The molecule has 0 aliphatic carbocycles. The highest BCUT2D eigenvalue weighted by molar-refractivity contribution is 5.88. The molecule has 5 N–H and O–H groups in total. The molecular weight excluding hydrogens is 648 g/mol. The van der Waals surface area contributed by atoms with E-state index in [-0.39, 0.29) is 25.4 Å². The number of nitrogens with one attached hydrogen (secondary N) is 4. The smallest absolute Gasteiger partial charge is 0.407 e. The molecule has 2 aromatic carbocycles. The first-order valence-corrected chi connectivity index (χ1v) is 17.2. The van der Waals surface area contributed by atoms with Gasteiger partial charge in [0, 0.05) is 31.8 Å². The highest BCUT2D eigenvalue weighted by atomic mass is 16.5. The van der Waals surface area contributed by atoms with Crippen LogP contribution in [0, 0.1) is 10.8 Å². The minimum atomic E-state index is -1.19. The third-order valence-corrected chi connectivity index (χ3v) is 8.93. The number of rotatable bonds is 16. The Hall–Kier alpha value is -4.81. The van der Waals surface area contributed by atoms with Crippen molar-refractivity contribution in [2.75, 3.05) is 13.7 Å². The van der Waals surface area contributed by atoms with Crippen LogP contribution in [0.4, 0.5) is 4.79 Å². The van der Waals surface area contributed by atoms with Gasteiger partial charge in [0.1, 0.15) is 12.1 Å². The SMILES string of the molecule is CCC(C)(C)C(NC(C)=O)C(=O)NC(Cc1ccccc1)C(O)CN(Cc1ccc(-c2ccccn2)cc1)NC(=O)C(NC(=O)OC)C(C)(C)C. The van der Waals surface area contributed by atoms with Crippen LogP contribution in [0.15, 0.2) is 79.0 Å². The lowest BCUT2D eigenvalue weighted by atomic mass is 9.81. The van der Waals surface area contributed by atoms with Gasteiger partial charge in [0.25, 0.3) is 5.91 Å². The first kappa shape index (κ1) is 40.6. The second kappa shape index (κ2) is 18.4. The quantitative estimate of drug-likeness (QED) is 0.138. The molecule has 0 radical (unpaired) electrons. The van der Waals surface area contributed by atoms with Crippen molar-refractivity contribution in [1.29, 1.82) is 0 Å². The third kappa shape index (κ3) is 12.5. The number of carbonyl (C=O) groups is 4. The van der Waals surface area contributed by atoms with Crippen molar-refractivity contribution in [3.63, 3.8) is 0 Å². The van der Waals surface area contributed by atoms with E-state index >= 15 is 0 Å². The van der Waals surface area contributed by atoms with Crippen LogP contribution in [0.2, 0.25) is 0 Å². The average molecular weight is 703 g/mol. The molecule has 276 valence electrons. The lowest BCUT2D eigenvalue weighted by molar-refractivity contribution is -0.133. The standard InChI is InChI=1S/C39H54N6O6/c1-9-39(6,7)34(41-26(2)46)35(48)42-31(23-27-15-11-10-12-16-27)32(47)25-45(44-36(49)33(38(3,4)5)43-37(50)51-8)24-28-18-20-29(21-19-28)30-17-13-14-22-40-30/h10-22,31-34,47H,9,23-25H2,1-8H3,(H,41,46)(H,42,48)(H,43,50)(H,44,49).